The summed E-state index contributed by atoms with van der Waals surface area (Å²) < 4.78 is 73.5. The summed E-state index contributed by atoms with van der Waals surface area (Å²) in [5, 5.41) is 9.37. The van der Waals surface area contributed by atoms with Gasteiger partial charge in [0.05, 0.1) is 39.4 Å². The number of benzene rings is 4. The zero-order valence-corrected chi connectivity index (χ0v) is 24.6. The maximum Gasteiger partial charge on any atom is 0.206 e. The fraction of sp³-hybridized carbons (Fsp3) is 0.226. The van der Waals surface area contributed by atoms with Crippen molar-refractivity contribution < 1.29 is 40.9 Å². The topological polar surface area (TPSA) is 125 Å². The molecule has 0 bridgehead atoms. The zero-order valence-electron chi connectivity index (χ0n) is 23.0. The van der Waals surface area contributed by atoms with Crippen molar-refractivity contribution in [3.05, 3.63) is 97.1 Å². The Kier molecular flexibility index (Phi) is 10.5. The van der Waals surface area contributed by atoms with Gasteiger partial charge in [-0.3, -0.25) is 0 Å². The lowest BCUT2D eigenvalue weighted by Gasteiger charge is -2.10. The molecule has 11 heteroatoms. The van der Waals surface area contributed by atoms with E-state index >= 15 is 0 Å². The van der Waals surface area contributed by atoms with Gasteiger partial charge in [-0.25, -0.2) is 16.8 Å². The van der Waals surface area contributed by atoms with E-state index in [4.69, 9.17) is 18.9 Å². The molecule has 0 aliphatic heterocycles. The Morgan fingerprint density at radius 3 is 1.12 bits per heavy atom. The lowest BCUT2D eigenvalue weighted by molar-refractivity contribution is 0.0764. The first-order valence-electron chi connectivity index (χ1n) is 13.3. The molecule has 222 valence electrons. The summed E-state index contributed by atoms with van der Waals surface area (Å²) in [5.74, 6) is 1.63. The fourth-order valence-electron chi connectivity index (χ4n) is 3.80. The molecule has 0 aliphatic carbocycles. The monoisotopic (exact) mass is 612 g/mol. The minimum atomic E-state index is -3.70. The Bertz CT molecular complexity index is 1630. The van der Waals surface area contributed by atoms with E-state index in [1.807, 2.05) is 6.92 Å². The lowest BCUT2D eigenvalue weighted by Crippen LogP contribution is -2.12. The zero-order chi connectivity index (χ0) is 30.0. The molecule has 4 aromatic rings. The molecule has 0 aliphatic rings. The van der Waals surface area contributed by atoms with E-state index in [2.05, 4.69) is 0 Å². The van der Waals surface area contributed by atoms with Crippen molar-refractivity contribution in [3.8, 4) is 23.0 Å². The second kappa shape index (κ2) is 14.2. The highest BCUT2D eigenvalue weighted by Gasteiger charge is 2.18. The van der Waals surface area contributed by atoms with Crippen molar-refractivity contribution in [3.63, 3.8) is 0 Å². The Morgan fingerprint density at radius 2 is 0.786 bits per heavy atom. The van der Waals surface area contributed by atoms with Crippen LogP contribution in [0.2, 0.25) is 0 Å². The minimum Gasteiger partial charge on any atom is -0.508 e. The van der Waals surface area contributed by atoms with Gasteiger partial charge in [0.25, 0.3) is 0 Å². The van der Waals surface area contributed by atoms with Crippen LogP contribution in [0, 0.1) is 0 Å². The highest BCUT2D eigenvalue weighted by Crippen LogP contribution is 2.26. The van der Waals surface area contributed by atoms with Crippen molar-refractivity contribution in [2.24, 2.45) is 0 Å². The second-order valence-electron chi connectivity index (χ2n) is 9.07. The minimum absolute atomic E-state index is 0.00927. The van der Waals surface area contributed by atoms with Gasteiger partial charge in [0.15, 0.2) is 0 Å². The first-order chi connectivity index (χ1) is 20.2. The predicted octanol–water partition coefficient (Wildman–Crippen LogP) is 5.32. The van der Waals surface area contributed by atoms with Crippen LogP contribution in [0.5, 0.6) is 23.0 Å². The highest BCUT2D eigenvalue weighted by atomic mass is 32.2. The summed E-state index contributed by atoms with van der Waals surface area (Å²) in [6.45, 7) is 3.66. The van der Waals surface area contributed by atoms with Gasteiger partial charge < -0.3 is 24.1 Å². The quantitative estimate of drug-likeness (QED) is 0.178. The van der Waals surface area contributed by atoms with Crippen molar-refractivity contribution in [2.75, 3.05) is 33.0 Å². The average molecular weight is 613 g/mol. The summed E-state index contributed by atoms with van der Waals surface area (Å²) >= 11 is 0. The molecule has 4 rings (SSSR count). The van der Waals surface area contributed by atoms with Gasteiger partial charge in [0, 0.05) is 0 Å². The maximum atomic E-state index is 12.9. The van der Waals surface area contributed by atoms with E-state index < -0.39 is 19.7 Å². The Hall–Kier alpha value is -4.06. The molecule has 1 N–H and O–H groups in total. The van der Waals surface area contributed by atoms with E-state index in [1.54, 1.807) is 36.4 Å². The molecule has 9 nitrogen and oxygen atoms in total. The number of hydrogen-bond donors (Lipinski definition) is 1. The Labute approximate surface area is 246 Å². The van der Waals surface area contributed by atoms with Crippen LogP contribution in [0.15, 0.2) is 117 Å². The van der Waals surface area contributed by atoms with E-state index in [1.165, 1.54) is 60.7 Å². The molecule has 0 radical (unpaired) electrons. The van der Waals surface area contributed by atoms with E-state index in [-0.39, 0.29) is 45.2 Å². The number of phenols is 1. The molecule has 0 saturated heterocycles. The predicted molar refractivity (Wildman–Crippen MR) is 156 cm³/mol. The summed E-state index contributed by atoms with van der Waals surface area (Å²) in [7, 11) is -7.36. The third kappa shape index (κ3) is 8.03. The van der Waals surface area contributed by atoms with Crippen LogP contribution in [0.25, 0.3) is 0 Å². The third-order valence-corrected chi connectivity index (χ3v) is 9.59. The number of phenolic OH excluding ortho intramolecular Hbond substituents is 1. The molecule has 0 amide bonds. The molecular weight excluding hydrogens is 580 g/mol. The van der Waals surface area contributed by atoms with Crippen LogP contribution in [0.3, 0.4) is 0 Å². The van der Waals surface area contributed by atoms with Crippen LogP contribution < -0.4 is 14.2 Å². The van der Waals surface area contributed by atoms with Gasteiger partial charge >= 0.3 is 0 Å². The van der Waals surface area contributed by atoms with Gasteiger partial charge in [-0.05, 0) is 103 Å². The molecule has 42 heavy (non-hydrogen) atoms. The lowest BCUT2D eigenvalue weighted by atomic mass is 10.3. The summed E-state index contributed by atoms with van der Waals surface area (Å²) in [6, 6.07) is 24.0. The summed E-state index contributed by atoms with van der Waals surface area (Å²) in [4.78, 5) is 0.554. The molecule has 0 saturated carbocycles. The first-order valence-corrected chi connectivity index (χ1v) is 16.2. The van der Waals surface area contributed by atoms with E-state index in [0.717, 1.165) is 6.42 Å². The van der Waals surface area contributed by atoms with Crippen LogP contribution in [0.4, 0.5) is 0 Å². The number of rotatable bonds is 15. The third-order valence-electron chi connectivity index (χ3n) is 6.01. The SMILES string of the molecule is CCCOc1ccc(S(=O)(=O)c2ccc(OCCOCCOc3ccc(S(=O)(=O)c4ccc(O)cc4)cc3)cc2)cc1. The normalized spacial score (nSPS) is 11.6. The summed E-state index contributed by atoms with van der Waals surface area (Å²) in [6.07, 6.45) is 0.867. The van der Waals surface area contributed by atoms with Crippen LogP contribution in [-0.2, 0) is 24.4 Å². The fourth-order valence-corrected chi connectivity index (χ4v) is 6.32. The Balaban J connectivity index is 1.16. The van der Waals surface area contributed by atoms with Crippen molar-refractivity contribution in [2.45, 2.75) is 32.9 Å². The standard InChI is InChI=1S/C31H32O9S2/c1-2-19-38-25-5-13-30(14-6-25)42(35,36)31-17-9-27(10-18-31)40-23-21-37-20-22-39-26-7-15-29(16-8-26)41(33,34)28-11-3-24(32)4-12-28/h3-18,32H,2,19-23H2,1H3. The van der Waals surface area contributed by atoms with Gasteiger partial charge in [0.1, 0.15) is 36.2 Å². The van der Waals surface area contributed by atoms with Crippen molar-refractivity contribution in [1.29, 1.82) is 0 Å². The number of aromatic hydroxyl groups is 1. The molecule has 4 aromatic carbocycles. The molecule has 0 atom stereocenters. The van der Waals surface area contributed by atoms with Crippen LogP contribution in [-0.4, -0.2) is 55.0 Å². The van der Waals surface area contributed by atoms with E-state index in [0.29, 0.717) is 30.5 Å². The van der Waals surface area contributed by atoms with Gasteiger partial charge in [0.2, 0.25) is 19.7 Å². The van der Waals surface area contributed by atoms with Gasteiger partial charge in [-0.1, -0.05) is 6.92 Å². The maximum absolute atomic E-state index is 12.9. The number of ether oxygens (including phenoxy) is 4. The largest absolute Gasteiger partial charge is 0.508 e. The molecule has 0 fully saturated rings. The highest BCUT2D eigenvalue weighted by molar-refractivity contribution is 7.91. The average Bonchev–Trinajstić information content (AvgIpc) is 3.00. The smallest absolute Gasteiger partial charge is 0.206 e. The molecular formula is C31H32O9S2. The molecule has 0 heterocycles. The van der Waals surface area contributed by atoms with E-state index in [9.17, 15) is 21.9 Å². The molecule has 0 spiro atoms. The second-order valence-corrected chi connectivity index (χ2v) is 13.0. The van der Waals surface area contributed by atoms with Crippen LogP contribution in [0.1, 0.15) is 13.3 Å². The van der Waals surface area contributed by atoms with Gasteiger partial charge in [-0.15, -0.1) is 0 Å². The van der Waals surface area contributed by atoms with Gasteiger partial charge in [-0.2, -0.15) is 0 Å². The number of sulfone groups is 2. The number of hydrogen-bond acceptors (Lipinski definition) is 9. The molecule has 0 unspecified atom stereocenters. The summed E-state index contributed by atoms with van der Waals surface area (Å²) in [5.41, 5.74) is 0. The first kappa shape index (κ1) is 30.9. The Morgan fingerprint density at radius 1 is 0.476 bits per heavy atom. The molecule has 0 aromatic heterocycles. The van der Waals surface area contributed by atoms with Crippen LogP contribution >= 0.6 is 0 Å². The van der Waals surface area contributed by atoms with Crippen molar-refractivity contribution in [1.82, 2.24) is 0 Å². The van der Waals surface area contributed by atoms with Crippen molar-refractivity contribution >= 4 is 19.7 Å².